The van der Waals surface area contributed by atoms with Crippen LogP contribution in [0.3, 0.4) is 0 Å². The summed E-state index contributed by atoms with van der Waals surface area (Å²) in [7, 11) is 0. The number of halogens is 1. The second-order valence-electron chi connectivity index (χ2n) is 3.55. The van der Waals surface area contributed by atoms with Gasteiger partial charge in [-0.05, 0) is 37.7 Å². The van der Waals surface area contributed by atoms with Gasteiger partial charge in [-0.1, -0.05) is 0 Å². The van der Waals surface area contributed by atoms with Crippen molar-refractivity contribution in [3.05, 3.63) is 35.1 Å². The Bertz CT molecular complexity index is 377. The van der Waals surface area contributed by atoms with Gasteiger partial charge in [-0.15, -0.1) is 0 Å². The summed E-state index contributed by atoms with van der Waals surface area (Å²) in [5.41, 5.74) is 1.16. The van der Waals surface area contributed by atoms with Crippen molar-refractivity contribution in [1.82, 2.24) is 4.90 Å². The Morgan fingerprint density at radius 2 is 2.21 bits per heavy atom. The predicted octanol–water partition coefficient (Wildman–Crippen LogP) is 1.90. The molecule has 1 fully saturated rings. The summed E-state index contributed by atoms with van der Waals surface area (Å²) < 4.78 is 13.3. The minimum absolute atomic E-state index is 0.212. The molecule has 2 rings (SSSR count). The number of rotatable bonds is 2. The Hall–Kier alpha value is -1.40. The Kier molecular flexibility index (Phi) is 2.47. The van der Waals surface area contributed by atoms with Crippen molar-refractivity contribution in [2.24, 2.45) is 0 Å². The number of hydrogen-bond acceptors (Lipinski definition) is 2. The fraction of sp³-hybridized carbons (Fsp3) is 0.364. The molecular weight excluding hydrogens is 179 g/mol. The van der Waals surface area contributed by atoms with Crippen molar-refractivity contribution < 1.29 is 4.39 Å². The highest BCUT2D eigenvalue weighted by atomic mass is 19.1. The average Bonchev–Trinajstić information content (AvgIpc) is 2.14. The van der Waals surface area contributed by atoms with Crippen LogP contribution in [0.5, 0.6) is 0 Å². The van der Waals surface area contributed by atoms with Gasteiger partial charge in [-0.25, -0.2) is 4.39 Å². The second kappa shape index (κ2) is 3.77. The lowest BCUT2D eigenvalue weighted by Gasteiger charge is -2.30. The van der Waals surface area contributed by atoms with E-state index in [1.807, 2.05) is 6.07 Å². The maximum atomic E-state index is 13.3. The highest BCUT2D eigenvalue weighted by molar-refractivity contribution is 5.33. The average molecular weight is 190 g/mol. The van der Waals surface area contributed by atoms with E-state index in [9.17, 15) is 4.39 Å². The smallest absolute Gasteiger partial charge is 0.127 e. The Morgan fingerprint density at radius 1 is 1.43 bits per heavy atom. The molecule has 0 amide bonds. The Labute approximate surface area is 82.6 Å². The lowest BCUT2D eigenvalue weighted by Crippen LogP contribution is -2.36. The molecule has 1 aromatic carbocycles. The fourth-order valence-corrected chi connectivity index (χ4v) is 1.55. The fourth-order valence-electron chi connectivity index (χ4n) is 1.55. The van der Waals surface area contributed by atoms with Gasteiger partial charge in [0.2, 0.25) is 0 Å². The molecule has 1 heterocycles. The first-order valence-corrected chi connectivity index (χ1v) is 4.70. The molecule has 0 aliphatic carbocycles. The summed E-state index contributed by atoms with van der Waals surface area (Å²) in [4.78, 5) is 2.17. The summed E-state index contributed by atoms with van der Waals surface area (Å²) >= 11 is 0. The molecular formula is C11H11FN2. The zero-order valence-electron chi connectivity index (χ0n) is 7.83. The summed E-state index contributed by atoms with van der Waals surface area (Å²) in [6.45, 7) is 2.70. The molecule has 72 valence electrons. The van der Waals surface area contributed by atoms with Gasteiger partial charge in [0.05, 0.1) is 11.6 Å². The van der Waals surface area contributed by atoms with E-state index in [1.165, 1.54) is 18.6 Å². The van der Waals surface area contributed by atoms with Crippen molar-refractivity contribution in [2.75, 3.05) is 13.1 Å². The molecule has 0 spiro atoms. The van der Waals surface area contributed by atoms with Crippen molar-refractivity contribution in [2.45, 2.75) is 13.0 Å². The zero-order valence-corrected chi connectivity index (χ0v) is 7.83. The molecule has 1 aliphatic rings. The first-order chi connectivity index (χ1) is 6.79. The van der Waals surface area contributed by atoms with E-state index in [4.69, 9.17) is 5.26 Å². The highest BCUT2D eigenvalue weighted by Crippen LogP contribution is 2.16. The van der Waals surface area contributed by atoms with E-state index in [-0.39, 0.29) is 5.82 Å². The molecule has 14 heavy (non-hydrogen) atoms. The summed E-state index contributed by atoms with van der Waals surface area (Å²) in [5.74, 6) is -0.212. The van der Waals surface area contributed by atoms with Crippen molar-refractivity contribution >= 4 is 0 Å². The zero-order chi connectivity index (χ0) is 9.97. The van der Waals surface area contributed by atoms with Gasteiger partial charge in [0.15, 0.2) is 0 Å². The lowest BCUT2D eigenvalue weighted by molar-refractivity contribution is 0.170. The van der Waals surface area contributed by atoms with Crippen LogP contribution in [0.2, 0.25) is 0 Å². The molecule has 0 unspecified atom stereocenters. The van der Waals surface area contributed by atoms with Crippen LogP contribution in [0, 0.1) is 17.1 Å². The standard InChI is InChI=1S/C11H11FN2/c12-11-3-2-9(7-13)6-10(11)8-14-4-1-5-14/h2-3,6H,1,4-5,8H2. The van der Waals surface area contributed by atoms with Crippen LogP contribution < -0.4 is 0 Å². The van der Waals surface area contributed by atoms with E-state index >= 15 is 0 Å². The molecule has 3 heteroatoms. The Morgan fingerprint density at radius 3 is 2.79 bits per heavy atom. The minimum atomic E-state index is -0.212. The van der Waals surface area contributed by atoms with Crippen LogP contribution in [0.4, 0.5) is 4.39 Å². The maximum Gasteiger partial charge on any atom is 0.127 e. The third-order valence-corrected chi connectivity index (χ3v) is 2.52. The normalized spacial score (nSPS) is 16.0. The number of nitrogens with zero attached hydrogens (tertiary/aromatic N) is 2. The van der Waals surface area contributed by atoms with Crippen LogP contribution in [-0.2, 0) is 6.54 Å². The molecule has 0 saturated carbocycles. The second-order valence-corrected chi connectivity index (χ2v) is 3.55. The van der Waals surface area contributed by atoms with Crippen LogP contribution in [-0.4, -0.2) is 18.0 Å². The van der Waals surface area contributed by atoms with E-state index in [2.05, 4.69) is 4.90 Å². The minimum Gasteiger partial charge on any atom is -0.299 e. The van der Waals surface area contributed by atoms with Gasteiger partial charge in [0.25, 0.3) is 0 Å². The summed E-state index contributed by atoms with van der Waals surface area (Å²) in [6, 6.07) is 6.53. The van der Waals surface area contributed by atoms with Gasteiger partial charge in [0, 0.05) is 12.1 Å². The molecule has 1 aliphatic heterocycles. The lowest BCUT2D eigenvalue weighted by atomic mass is 10.1. The van der Waals surface area contributed by atoms with Crippen LogP contribution in [0.15, 0.2) is 18.2 Å². The monoisotopic (exact) mass is 190 g/mol. The SMILES string of the molecule is N#Cc1ccc(F)c(CN2CCC2)c1. The van der Waals surface area contributed by atoms with E-state index < -0.39 is 0 Å². The van der Waals surface area contributed by atoms with Gasteiger partial charge in [-0.2, -0.15) is 5.26 Å². The third-order valence-electron chi connectivity index (χ3n) is 2.52. The van der Waals surface area contributed by atoms with Crippen LogP contribution in [0.25, 0.3) is 0 Å². The number of benzene rings is 1. The molecule has 0 aromatic heterocycles. The number of hydrogen-bond donors (Lipinski definition) is 0. The molecule has 0 radical (unpaired) electrons. The van der Waals surface area contributed by atoms with Crippen molar-refractivity contribution in [3.63, 3.8) is 0 Å². The van der Waals surface area contributed by atoms with E-state index in [0.717, 1.165) is 13.1 Å². The van der Waals surface area contributed by atoms with Crippen molar-refractivity contribution in [1.29, 1.82) is 5.26 Å². The molecule has 0 bridgehead atoms. The largest absolute Gasteiger partial charge is 0.299 e. The van der Waals surface area contributed by atoms with Gasteiger partial charge < -0.3 is 0 Å². The number of nitriles is 1. The van der Waals surface area contributed by atoms with Gasteiger partial charge in [0.1, 0.15) is 5.82 Å². The van der Waals surface area contributed by atoms with Crippen molar-refractivity contribution in [3.8, 4) is 6.07 Å². The summed E-state index contributed by atoms with van der Waals surface area (Å²) in [5, 5.41) is 8.67. The predicted molar refractivity (Wildman–Crippen MR) is 51.0 cm³/mol. The van der Waals surface area contributed by atoms with E-state index in [1.54, 1.807) is 6.07 Å². The topological polar surface area (TPSA) is 27.0 Å². The highest BCUT2D eigenvalue weighted by Gasteiger charge is 2.15. The quantitative estimate of drug-likeness (QED) is 0.712. The molecule has 1 saturated heterocycles. The van der Waals surface area contributed by atoms with Crippen LogP contribution >= 0.6 is 0 Å². The number of likely N-dealkylation sites (tertiary alicyclic amines) is 1. The third kappa shape index (κ3) is 1.75. The summed E-state index contributed by atoms with van der Waals surface area (Å²) in [6.07, 6.45) is 1.19. The first kappa shape index (κ1) is 9.17. The van der Waals surface area contributed by atoms with Crippen LogP contribution in [0.1, 0.15) is 17.5 Å². The van der Waals surface area contributed by atoms with E-state index in [0.29, 0.717) is 17.7 Å². The maximum absolute atomic E-state index is 13.3. The molecule has 2 nitrogen and oxygen atoms in total. The molecule has 0 atom stereocenters. The molecule has 0 N–H and O–H groups in total. The van der Waals surface area contributed by atoms with Gasteiger partial charge in [-0.3, -0.25) is 4.90 Å². The first-order valence-electron chi connectivity index (χ1n) is 4.70. The Balaban J connectivity index is 2.18. The van der Waals surface area contributed by atoms with Gasteiger partial charge >= 0.3 is 0 Å². The molecule has 1 aromatic rings.